The molecular formula is C13H24N2O3. The van der Waals surface area contributed by atoms with Gasteiger partial charge in [0.05, 0.1) is 13.0 Å². The molecule has 0 fully saturated rings. The number of carbonyl (C=O) groups is 2. The SMILES string of the molecule is C=CCNCC(=O)NC(CC(=O)O)CC(C)(C)C. The van der Waals surface area contributed by atoms with Gasteiger partial charge in [0.15, 0.2) is 0 Å². The Hall–Kier alpha value is -1.36. The molecule has 18 heavy (non-hydrogen) atoms. The summed E-state index contributed by atoms with van der Waals surface area (Å²) >= 11 is 0. The summed E-state index contributed by atoms with van der Waals surface area (Å²) in [4.78, 5) is 22.4. The minimum absolute atomic E-state index is 0.0259. The molecular weight excluding hydrogens is 232 g/mol. The maximum Gasteiger partial charge on any atom is 0.305 e. The molecule has 0 radical (unpaired) electrons. The fraction of sp³-hybridized carbons (Fsp3) is 0.692. The van der Waals surface area contributed by atoms with Crippen molar-refractivity contribution in [3.8, 4) is 0 Å². The monoisotopic (exact) mass is 256 g/mol. The van der Waals surface area contributed by atoms with Crippen molar-refractivity contribution in [2.24, 2.45) is 5.41 Å². The molecule has 5 nitrogen and oxygen atoms in total. The molecule has 104 valence electrons. The highest BCUT2D eigenvalue weighted by Gasteiger charge is 2.22. The van der Waals surface area contributed by atoms with Gasteiger partial charge in [-0.2, -0.15) is 0 Å². The van der Waals surface area contributed by atoms with Crippen molar-refractivity contribution < 1.29 is 14.7 Å². The van der Waals surface area contributed by atoms with Crippen LogP contribution in [-0.4, -0.2) is 36.1 Å². The van der Waals surface area contributed by atoms with E-state index in [1.54, 1.807) is 6.08 Å². The molecule has 1 amide bonds. The van der Waals surface area contributed by atoms with Crippen LogP contribution in [0.15, 0.2) is 12.7 Å². The number of hydrogen-bond donors (Lipinski definition) is 3. The van der Waals surface area contributed by atoms with Crippen molar-refractivity contribution in [2.45, 2.75) is 39.7 Å². The Bertz CT molecular complexity index is 295. The van der Waals surface area contributed by atoms with Crippen LogP contribution in [-0.2, 0) is 9.59 Å². The van der Waals surface area contributed by atoms with Crippen molar-refractivity contribution in [2.75, 3.05) is 13.1 Å². The van der Waals surface area contributed by atoms with Gasteiger partial charge in [-0.15, -0.1) is 6.58 Å². The number of carbonyl (C=O) groups excluding carboxylic acids is 1. The van der Waals surface area contributed by atoms with Crippen LogP contribution in [0.4, 0.5) is 0 Å². The summed E-state index contributed by atoms with van der Waals surface area (Å²) in [5.74, 6) is -1.09. The smallest absolute Gasteiger partial charge is 0.305 e. The average Bonchev–Trinajstić information content (AvgIpc) is 2.13. The Morgan fingerprint density at radius 3 is 2.44 bits per heavy atom. The van der Waals surface area contributed by atoms with Crippen molar-refractivity contribution in [1.82, 2.24) is 10.6 Å². The van der Waals surface area contributed by atoms with Crippen molar-refractivity contribution >= 4 is 11.9 Å². The Kier molecular flexibility index (Phi) is 7.27. The van der Waals surface area contributed by atoms with Crippen LogP contribution in [0.3, 0.4) is 0 Å². The Balaban J connectivity index is 4.26. The summed E-state index contributed by atoms with van der Waals surface area (Å²) in [6.07, 6.45) is 2.24. The molecule has 0 aromatic carbocycles. The first-order valence-corrected chi connectivity index (χ1v) is 6.07. The minimum Gasteiger partial charge on any atom is -0.481 e. The third-order valence-electron chi connectivity index (χ3n) is 2.22. The minimum atomic E-state index is -0.899. The van der Waals surface area contributed by atoms with E-state index in [0.29, 0.717) is 13.0 Å². The first-order valence-electron chi connectivity index (χ1n) is 6.07. The van der Waals surface area contributed by atoms with Crippen LogP contribution in [0.25, 0.3) is 0 Å². The van der Waals surface area contributed by atoms with E-state index in [1.165, 1.54) is 0 Å². The Labute approximate surface area is 109 Å². The van der Waals surface area contributed by atoms with Crippen molar-refractivity contribution in [3.63, 3.8) is 0 Å². The molecule has 0 spiro atoms. The van der Waals surface area contributed by atoms with Crippen LogP contribution in [0.2, 0.25) is 0 Å². The fourth-order valence-corrected chi connectivity index (χ4v) is 1.69. The summed E-state index contributed by atoms with van der Waals surface area (Å²) in [6, 6.07) is -0.333. The van der Waals surface area contributed by atoms with E-state index < -0.39 is 5.97 Å². The van der Waals surface area contributed by atoms with Gasteiger partial charge in [-0.1, -0.05) is 26.8 Å². The molecule has 0 saturated carbocycles. The Morgan fingerprint density at radius 2 is 2.00 bits per heavy atom. The first kappa shape index (κ1) is 16.6. The number of nitrogens with one attached hydrogen (secondary N) is 2. The number of aliphatic carboxylic acids is 1. The second-order valence-electron chi connectivity index (χ2n) is 5.55. The summed E-state index contributed by atoms with van der Waals surface area (Å²) in [5, 5.41) is 14.5. The van der Waals surface area contributed by atoms with Gasteiger partial charge in [0, 0.05) is 12.6 Å². The third-order valence-corrected chi connectivity index (χ3v) is 2.22. The maximum atomic E-state index is 11.6. The van der Waals surface area contributed by atoms with E-state index in [-0.39, 0.29) is 30.3 Å². The molecule has 0 aliphatic rings. The van der Waals surface area contributed by atoms with Gasteiger partial charge in [-0.05, 0) is 11.8 Å². The fourth-order valence-electron chi connectivity index (χ4n) is 1.69. The summed E-state index contributed by atoms with van der Waals surface area (Å²) in [6.45, 7) is 10.3. The standard InChI is InChI=1S/C13H24N2O3/c1-5-6-14-9-11(16)15-10(7-12(17)18)8-13(2,3)4/h5,10,14H,1,6-9H2,2-4H3,(H,15,16)(H,17,18). The number of carboxylic acids is 1. The predicted molar refractivity (Wildman–Crippen MR) is 71.3 cm³/mol. The van der Waals surface area contributed by atoms with Gasteiger partial charge in [-0.25, -0.2) is 0 Å². The van der Waals surface area contributed by atoms with Crippen molar-refractivity contribution in [1.29, 1.82) is 0 Å². The van der Waals surface area contributed by atoms with Gasteiger partial charge in [-0.3, -0.25) is 9.59 Å². The lowest BCUT2D eigenvalue weighted by Crippen LogP contribution is -2.43. The normalized spacial score (nSPS) is 12.8. The first-order chi connectivity index (χ1) is 8.24. The van der Waals surface area contributed by atoms with Crippen LogP contribution >= 0.6 is 0 Å². The average molecular weight is 256 g/mol. The zero-order valence-electron chi connectivity index (χ0n) is 11.5. The molecule has 0 bridgehead atoms. The van der Waals surface area contributed by atoms with E-state index in [0.717, 1.165) is 0 Å². The second-order valence-corrected chi connectivity index (χ2v) is 5.55. The topological polar surface area (TPSA) is 78.4 Å². The number of amides is 1. The molecule has 1 atom stereocenters. The summed E-state index contributed by atoms with van der Waals surface area (Å²) in [7, 11) is 0. The van der Waals surface area contributed by atoms with E-state index in [1.807, 2.05) is 20.8 Å². The molecule has 1 unspecified atom stereocenters. The lowest BCUT2D eigenvalue weighted by atomic mass is 9.87. The second kappa shape index (κ2) is 7.87. The molecule has 0 aliphatic carbocycles. The number of rotatable bonds is 8. The molecule has 0 heterocycles. The van der Waals surface area contributed by atoms with Crippen LogP contribution in [0.5, 0.6) is 0 Å². The van der Waals surface area contributed by atoms with Gasteiger partial charge in [0.1, 0.15) is 0 Å². The Morgan fingerprint density at radius 1 is 1.39 bits per heavy atom. The van der Waals surface area contributed by atoms with E-state index in [4.69, 9.17) is 5.11 Å². The zero-order valence-corrected chi connectivity index (χ0v) is 11.5. The molecule has 0 aromatic heterocycles. The molecule has 3 N–H and O–H groups in total. The maximum absolute atomic E-state index is 11.6. The zero-order chi connectivity index (χ0) is 14.2. The van der Waals surface area contributed by atoms with Gasteiger partial charge < -0.3 is 15.7 Å². The van der Waals surface area contributed by atoms with E-state index in [9.17, 15) is 9.59 Å². The largest absolute Gasteiger partial charge is 0.481 e. The number of hydrogen-bond acceptors (Lipinski definition) is 3. The highest BCUT2D eigenvalue weighted by Crippen LogP contribution is 2.22. The van der Waals surface area contributed by atoms with Crippen LogP contribution < -0.4 is 10.6 Å². The molecule has 5 heteroatoms. The summed E-state index contributed by atoms with van der Waals surface area (Å²) < 4.78 is 0. The highest BCUT2D eigenvalue weighted by molar-refractivity contribution is 5.79. The van der Waals surface area contributed by atoms with E-state index in [2.05, 4.69) is 17.2 Å². The van der Waals surface area contributed by atoms with Gasteiger partial charge in [0.25, 0.3) is 0 Å². The lowest BCUT2D eigenvalue weighted by Gasteiger charge is -2.25. The lowest BCUT2D eigenvalue weighted by molar-refractivity contribution is -0.137. The van der Waals surface area contributed by atoms with Crippen LogP contribution in [0.1, 0.15) is 33.6 Å². The van der Waals surface area contributed by atoms with Crippen LogP contribution in [0, 0.1) is 5.41 Å². The number of carboxylic acid groups (broad SMARTS) is 1. The molecule has 0 aromatic rings. The van der Waals surface area contributed by atoms with Gasteiger partial charge in [0.2, 0.25) is 5.91 Å². The van der Waals surface area contributed by atoms with Gasteiger partial charge >= 0.3 is 5.97 Å². The van der Waals surface area contributed by atoms with Crippen molar-refractivity contribution in [3.05, 3.63) is 12.7 Å². The third kappa shape index (κ3) is 9.84. The highest BCUT2D eigenvalue weighted by atomic mass is 16.4. The quantitative estimate of drug-likeness (QED) is 0.450. The molecule has 0 rings (SSSR count). The molecule has 0 aliphatic heterocycles. The van der Waals surface area contributed by atoms with E-state index >= 15 is 0 Å². The predicted octanol–water partition coefficient (Wildman–Crippen LogP) is 1.16. The summed E-state index contributed by atoms with van der Waals surface area (Å²) in [5.41, 5.74) is -0.0259. The molecule has 0 saturated heterocycles.